The maximum atomic E-state index is 6.10. The van der Waals surface area contributed by atoms with E-state index < -0.39 is 0 Å². The van der Waals surface area contributed by atoms with Crippen molar-refractivity contribution >= 4 is 11.6 Å². The summed E-state index contributed by atoms with van der Waals surface area (Å²) in [6.45, 7) is 14.3. The van der Waals surface area contributed by atoms with Gasteiger partial charge in [0, 0.05) is 24.1 Å². The molecule has 2 N–H and O–H groups in total. The van der Waals surface area contributed by atoms with Gasteiger partial charge in [-0.1, -0.05) is 27.7 Å². The van der Waals surface area contributed by atoms with Crippen molar-refractivity contribution in [3.8, 4) is 0 Å². The molecule has 0 aliphatic carbocycles. The Morgan fingerprint density at radius 3 is 2.45 bits per heavy atom. The lowest BCUT2D eigenvalue weighted by atomic mass is 9.86. The number of nitrogen functional groups attached to an aromatic ring is 1. The normalized spacial score (nSPS) is 27.1. The van der Waals surface area contributed by atoms with Crippen LogP contribution >= 0.6 is 0 Å². The lowest BCUT2D eigenvalue weighted by molar-refractivity contribution is 0.295. The second-order valence-corrected chi connectivity index (χ2v) is 6.78. The lowest BCUT2D eigenvalue weighted by Crippen LogP contribution is -2.46. The molecule has 0 spiro atoms. The third kappa shape index (κ3) is 2.74. The van der Waals surface area contributed by atoms with Gasteiger partial charge in [-0.15, -0.1) is 0 Å². The van der Waals surface area contributed by atoms with Crippen molar-refractivity contribution in [2.75, 3.05) is 17.2 Å². The van der Waals surface area contributed by atoms with E-state index in [4.69, 9.17) is 10.7 Å². The first-order valence-electron chi connectivity index (χ1n) is 7.71. The molecule has 1 aliphatic rings. The minimum atomic E-state index is 0.298. The van der Waals surface area contributed by atoms with Gasteiger partial charge in [-0.3, -0.25) is 0 Å². The molecule has 1 saturated heterocycles. The van der Waals surface area contributed by atoms with Crippen LogP contribution in [0.1, 0.15) is 58.3 Å². The van der Waals surface area contributed by atoms with Crippen molar-refractivity contribution in [3.05, 3.63) is 11.4 Å². The second-order valence-electron chi connectivity index (χ2n) is 6.78. The van der Waals surface area contributed by atoms with Crippen LogP contribution in [0.4, 0.5) is 11.6 Å². The molecular formula is C16H28N4. The van der Waals surface area contributed by atoms with E-state index in [0.717, 1.165) is 23.8 Å². The minimum Gasteiger partial charge on any atom is -0.383 e. The van der Waals surface area contributed by atoms with Crippen LogP contribution < -0.4 is 10.6 Å². The van der Waals surface area contributed by atoms with Crippen LogP contribution in [0.2, 0.25) is 0 Å². The number of nitrogens with zero attached hydrogens (tertiary/aromatic N) is 3. The average molecular weight is 276 g/mol. The SMILES string of the molecule is Cc1c(N)nc(C(C)C)nc1N1CC(C)CC(C)C1C. The Bertz CT molecular complexity index is 484. The van der Waals surface area contributed by atoms with Gasteiger partial charge < -0.3 is 10.6 Å². The van der Waals surface area contributed by atoms with Gasteiger partial charge in [0.1, 0.15) is 17.5 Å². The Hall–Kier alpha value is -1.32. The third-order valence-electron chi connectivity index (χ3n) is 4.56. The zero-order valence-corrected chi connectivity index (χ0v) is 13.6. The fourth-order valence-electron chi connectivity index (χ4n) is 3.07. The summed E-state index contributed by atoms with van der Waals surface area (Å²) in [7, 11) is 0. The maximum Gasteiger partial charge on any atom is 0.137 e. The first-order chi connectivity index (χ1) is 9.31. The molecule has 0 saturated carbocycles. The number of anilines is 2. The monoisotopic (exact) mass is 276 g/mol. The largest absolute Gasteiger partial charge is 0.383 e. The molecule has 1 aromatic rings. The highest BCUT2D eigenvalue weighted by Crippen LogP contribution is 2.33. The van der Waals surface area contributed by atoms with Gasteiger partial charge in [0.2, 0.25) is 0 Å². The molecule has 4 heteroatoms. The van der Waals surface area contributed by atoms with Gasteiger partial charge in [0.15, 0.2) is 0 Å². The zero-order valence-electron chi connectivity index (χ0n) is 13.6. The number of piperidine rings is 1. The highest BCUT2D eigenvalue weighted by Gasteiger charge is 2.31. The summed E-state index contributed by atoms with van der Waals surface area (Å²) in [5.74, 6) is 4.17. The van der Waals surface area contributed by atoms with Crippen molar-refractivity contribution in [2.24, 2.45) is 11.8 Å². The molecule has 3 atom stereocenters. The fourth-order valence-corrected chi connectivity index (χ4v) is 3.07. The quantitative estimate of drug-likeness (QED) is 0.900. The first kappa shape index (κ1) is 15.1. The molecule has 0 radical (unpaired) electrons. The van der Waals surface area contributed by atoms with Crippen LogP contribution in [-0.4, -0.2) is 22.6 Å². The zero-order chi connectivity index (χ0) is 15.0. The Balaban J connectivity index is 2.45. The van der Waals surface area contributed by atoms with Crippen molar-refractivity contribution in [2.45, 2.75) is 59.9 Å². The fraction of sp³-hybridized carbons (Fsp3) is 0.750. The Kier molecular flexibility index (Phi) is 4.21. The van der Waals surface area contributed by atoms with E-state index in [1.807, 2.05) is 6.92 Å². The number of aromatic nitrogens is 2. The van der Waals surface area contributed by atoms with Gasteiger partial charge in [0.25, 0.3) is 0 Å². The van der Waals surface area contributed by atoms with E-state index in [9.17, 15) is 0 Å². The molecule has 1 aromatic heterocycles. The van der Waals surface area contributed by atoms with Crippen molar-refractivity contribution in [1.29, 1.82) is 0 Å². The van der Waals surface area contributed by atoms with Gasteiger partial charge in [-0.05, 0) is 32.1 Å². The van der Waals surface area contributed by atoms with Crippen LogP contribution in [-0.2, 0) is 0 Å². The first-order valence-corrected chi connectivity index (χ1v) is 7.71. The van der Waals surface area contributed by atoms with Gasteiger partial charge >= 0.3 is 0 Å². The van der Waals surface area contributed by atoms with Crippen molar-refractivity contribution in [1.82, 2.24) is 9.97 Å². The predicted molar refractivity (Wildman–Crippen MR) is 85.0 cm³/mol. The topological polar surface area (TPSA) is 55.0 Å². The molecule has 1 aliphatic heterocycles. The van der Waals surface area contributed by atoms with E-state index in [-0.39, 0.29) is 0 Å². The molecule has 4 nitrogen and oxygen atoms in total. The molecule has 0 amide bonds. The molecule has 2 heterocycles. The highest BCUT2D eigenvalue weighted by atomic mass is 15.2. The van der Waals surface area contributed by atoms with Crippen LogP contribution in [0.15, 0.2) is 0 Å². The Labute approximate surface area is 122 Å². The summed E-state index contributed by atoms with van der Waals surface area (Å²) in [5.41, 5.74) is 7.12. The molecule has 2 rings (SSSR count). The van der Waals surface area contributed by atoms with E-state index in [1.165, 1.54) is 6.42 Å². The lowest BCUT2D eigenvalue weighted by Gasteiger charge is -2.42. The molecule has 112 valence electrons. The molecular weight excluding hydrogens is 248 g/mol. The molecule has 1 fully saturated rings. The second kappa shape index (κ2) is 5.58. The summed E-state index contributed by atoms with van der Waals surface area (Å²) in [6, 6.07) is 0.499. The summed E-state index contributed by atoms with van der Waals surface area (Å²) < 4.78 is 0. The van der Waals surface area contributed by atoms with Crippen molar-refractivity contribution < 1.29 is 0 Å². The predicted octanol–water partition coefficient (Wildman–Crippen LogP) is 3.36. The van der Waals surface area contributed by atoms with Crippen molar-refractivity contribution in [3.63, 3.8) is 0 Å². The molecule has 20 heavy (non-hydrogen) atoms. The molecule has 0 bridgehead atoms. The van der Waals surface area contributed by atoms with Crippen LogP contribution in [0, 0.1) is 18.8 Å². The summed E-state index contributed by atoms with van der Waals surface area (Å²) >= 11 is 0. The number of rotatable bonds is 2. The van der Waals surface area contributed by atoms with Gasteiger partial charge in [-0.2, -0.15) is 0 Å². The number of hydrogen-bond acceptors (Lipinski definition) is 4. The van der Waals surface area contributed by atoms with E-state index in [1.54, 1.807) is 0 Å². The highest BCUT2D eigenvalue weighted by molar-refractivity contribution is 5.57. The van der Waals surface area contributed by atoms with E-state index >= 15 is 0 Å². The molecule has 3 unspecified atom stereocenters. The van der Waals surface area contributed by atoms with Gasteiger partial charge in [-0.25, -0.2) is 9.97 Å². The number of hydrogen-bond donors (Lipinski definition) is 1. The number of nitrogens with two attached hydrogens (primary N) is 1. The summed E-state index contributed by atoms with van der Waals surface area (Å²) in [6.07, 6.45) is 1.29. The maximum absolute atomic E-state index is 6.10. The minimum absolute atomic E-state index is 0.298. The smallest absolute Gasteiger partial charge is 0.137 e. The van der Waals surface area contributed by atoms with Crippen LogP contribution in [0.3, 0.4) is 0 Å². The summed E-state index contributed by atoms with van der Waals surface area (Å²) in [5, 5.41) is 0. The van der Waals surface area contributed by atoms with Gasteiger partial charge in [0.05, 0.1) is 0 Å². The Morgan fingerprint density at radius 1 is 1.20 bits per heavy atom. The van der Waals surface area contributed by atoms with Crippen LogP contribution in [0.5, 0.6) is 0 Å². The third-order valence-corrected chi connectivity index (χ3v) is 4.56. The summed E-state index contributed by atoms with van der Waals surface area (Å²) in [4.78, 5) is 11.7. The van der Waals surface area contributed by atoms with E-state index in [0.29, 0.717) is 29.6 Å². The van der Waals surface area contributed by atoms with Crippen LogP contribution in [0.25, 0.3) is 0 Å². The Morgan fingerprint density at radius 2 is 1.85 bits per heavy atom. The standard InChI is InChI=1S/C16H28N4/c1-9(2)15-18-14(17)12(5)16(19-15)20-8-10(3)7-11(4)13(20)6/h9-11,13H,7-8H2,1-6H3,(H2,17,18,19). The van der Waals surface area contributed by atoms with E-state index in [2.05, 4.69) is 44.5 Å². The molecule has 0 aromatic carbocycles. The average Bonchev–Trinajstić information content (AvgIpc) is 2.37.